The molecule has 5 nitrogen and oxygen atoms in total. The number of hydrogen-bond acceptors (Lipinski definition) is 2. The molecule has 20 heavy (non-hydrogen) atoms. The Balaban J connectivity index is 1.73. The Morgan fingerprint density at radius 1 is 1.45 bits per heavy atom. The van der Waals surface area contributed by atoms with Gasteiger partial charge in [-0.15, -0.1) is 0 Å². The van der Waals surface area contributed by atoms with E-state index in [1.165, 1.54) is 0 Å². The van der Waals surface area contributed by atoms with Gasteiger partial charge in [0.05, 0.1) is 6.10 Å². The zero-order chi connectivity index (χ0) is 14.1. The summed E-state index contributed by atoms with van der Waals surface area (Å²) in [6.07, 6.45) is 1.23. The van der Waals surface area contributed by atoms with Crippen molar-refractivity contribution in [3.05, 3.63) is 30.0 Å². The number of fused-ring (bicyclic) bond motifs is 1. The predicted molar refractivity (Wildman–Crippen MR) is 78.9 cm³/mol. The van der Waals surface area contributed by atoms with Crippen molar-refractivity contribution in [2.45, 2.75) is 25.9 Å². The second-order valence-electron chi connectivity index (χ2n) is 5.43. The number of β-amino-alcohol motifs (C(OH)–C–C–N with tert-alkyl or cyclic N) is 1. The summed E-state index contributed by atoms with van der Waals surface area (Å²) in [7, 11) is 0. The van der Waals surface area contributed by atoms with E-state index in [-0.39, 0.29) is 6.03 Å². The number of aliphatic hydroxyl groups excluding tert-OH is 1. The molecule has 2 amide bonds. The quantitative estimate of drug-likeness (QED) is 0.747. The van der Waals surface area contributed by atoms with E-state index in [4.69, 9.17) is 0 Å². The number of likely N-dealkylation sites (tertiary alicyclic amines) is 1. The van der Waals surface area contributed by atoms with Crippen LogP contribution in [0, 0.1) is 6.92 Å². The molecule has 0 saturated carbocycles. The lowest BCUT2D eigenvalue weighted by Crippen LogP contribution is -2.44. The normalized spacial score (nSPS) is 19.3. The van der Waals surface area contributed by atoms with Crippen LogP contribution in [0.4, 0.5) is 10.5 Å². The van der Waals surface area contributed by atoms with Gasteiger partial charge < -0.3 is 20.3 Å². The third-order valence-electron chi connectivity index (χ3n) is 3.69. The molecule has 1 aliphatic heterocycles. The molecule has 0 radical (unpaired) electrons. The molecule has 0 spiro atoms. The van der Waals surface area contributed by atoms with Crippen molar-refractivity contribution in [2.75, 3.05) is 18.4 Å². The molecule has 2 heterocycles. The van der Waals surface area contributed by atoms with Gasteiger partial charge in [0.1, 0.15) is 0 Å². The number of carbonyl (C=O) groups excluding carboxylic acids is 1. The fourth-order valence-corrected chi connectivity index (χ4v) is 2.70. The maximum Gasteiger partial charge on any atom is 0.321 e. The first-order valence-electron chi connectivity index (χ1n) is 6.95. The van der Waals surface area contributed by atoms with Gasteiger partial charge in [-0.2, -0.15) is 0 Å². The first-order chi connectivity index (χ1) is 9.61. The summed E-state index contributed by atoms with van der Waals surface area (Å²) in [6, 6.07) is 7.71. The predicted octanol–water partition coefficient (Wildman–Crippen LogP) is 2.46. The highest BCUT2D eigenvalue weighted by atomic mass is 16.3. The molecule has 5 heteroatoms. The van der Waals surface area contributed by atoms with Crippen molar-refractivity contribution in [1.29, 1.82) is 0 Å². The van der Waals surface area contributed by atoms with Crippen LogP contribution in [-0.4, -0.2) is 40.2 Å². The maximum absolute atomic E-state index is 12.2. The van der Waals surface area contributed by atoms with Crippen LogP contribution in [0.2, 0.25) is 0 Å². The average molecular weight is 273 g/mol. The van der Waals surface area contributed by atoms with E-state index in [1.807, 2.05) is 25.1 Å². The highest BCUT2D eigenvalue weighted by Gasteiger charge is 2.21. The van der Waals surface area contributed by atoms with E-state index >= 15 is 0 Å². The molecular formula is C15H19N3O2. The van der Waals surface area contributed by atoms with Crippen LogP contribution in [0.25, 0.3) is 10.9 Å². The van der Waals surface area contributed by atoms with Crippen LogP contribution >= 0.6 is 0 Å². The minimum atomic E-state index is -0.399. The smallest absolute Gasteiger partial charge is 0.321 e. The Kier molecular flexibility index (Phi) is 3.36. The maximum atomic E-state index is 12.2. The zero-order valence-corrected chi connectivity index (χ0v) is 11.5. The Morgan fingerprint density at radius 2 is 2.30 bits per heavy atom. The summed E-state index contributed by atoms with van der Waals surface area (Å²) >= 11 is 0. The van der Waals surface area contributed by atoms with Gasteiger partial charge in [0, 0.05) is 35.4 Å². The summed E-state index contributed by atoms with van der Waals surface area (Å²) < 4.78 is 0. The van der Waals surface area contributed by atoms with Crippen LogP contribution in [0.5, 0.6) is 0 Å². The van der Waals surface area contributed by atoms with E-state index in [9.17, 15) is 9.90 Å². The van der Waals surface area contributed by atoms with E-state index in [0.717, 1.165) is 35.1 Å². The summed E-state index contributed by atoms with van der Waals surface area (Å²) in [5.74, 6) is 0. The molecule has 1 atom stereocenters. The molecule has 1 aliphatic rings. The average Bonchev–Trinajstić information content (AvgIpc) is 2.78. The molecule has 1 saturated heterocycles. The molecule has 3 rings (SSSR count). The molecule has 3 N–H and O–H groups in total. The van der Waals surface area contributed by atoms with Crippen molar-refractivity contribution in [2.24, 2.45) is 0 Å². The highest BCUT2D eigenvalue weighted by Crippen LogP contribution is 2.20. The number of H-pyrrole nitrogens is 1. The lowest BCUT2D eigenvalue weighted by Gasteiger charge is -2.30. The SMILES string of the molecule is Cc1cc2cc(NC(=O)N3CCCC(O)C3)ccc2[nH]1. The van der Waals surface area contributed by atoms with Gasteiger partial charge >= 0.3 is 6.03 Å². The van der Waals surface area contributed by atoms with Gasteiger partial charge in [-0.25, -0.2) is 4.79 Å². The van der Waals surface area contributed by atoms with E-state index in [0.29, 0.717) is 13.1 Å². The third kappa shape index (κ3) is 2.63. The van der Waals surface area contributed by atoms with Gasteiger partial charge in [0.2, 0.25) is 0 Å². The van der Waals surface area contributed by atoms with E-state index < -0.39 is 6.10 Å². The minimum Gasteiger partial charge on any atom is -0.391 e. The molecule has 1 aromatic carbocycles. The number of aromatic nitrogens is 1. The number of nitrogens with one attached hydrogen (secondary N) is 2. The number of aromatic amines is 1. The number of benzene rings is 1. The lowest BCUT2D eigenvalue weighted by atomic mass is 10.1. The minimum absolute atomic E-state index is 0.143. The molecule has 1 unspecified atom stereocenters. The first-order valence-corrected chi connectivity index (χ1v) is 6.95. The van der Waals surface area contributed by atoms with Gasteiger partial charge in [-0.3, -0.25) is 0 Å². The molecule has 1 fully saturated rings. The Morgan fingerprint density at radius 3 is 3.10 bits per heavy atom. The Labute approximate surface area is 117 Å². The Hall–Kier alpha value is -2.01. The van der Waals surface area contributed by atoms with Crippen LogP contribution in [-0.2, 0) is 0 Å². The molecule has 0 aliphatic carbocycles. The molecule has 2 aromatic rings. The largest absolute Gasteiger partial charge is 0.391 e. The summed E-state index contributed by atoms with van der Waals surface area (Å²) in [4.78, 5) is 17.1. The Bertz CT molecular complexity index is 635. The zero-order valence-electron chi connectivity index (χ0n) is 11.5. The second kappa shape index (κ2) is 5.17. The monoisotopic (exact) mass is 273 g/mol. The first kappa shape index (κ1) is 13.0. The third-order valence-corrected chi connectivity index (χ3v) is 3.69. The lowest BCUT2D eigenvalue weighted by molar-refractivity contribution is 0.0883. The van der Waals surface area contributed by atoms with E-state index in [2.05, 4.69) is 16.4 Å². The number of anilines is 1. The fourth-order valence-electron chi connectivity index (χ4n) is 2.70. The number of carbonyl (C=O) groups is 1. The number of urea groups is 1. The molecular weight excluding hydrogens is 254 g/mol. The number of hydrogen-bond donors (Lipinski definition) is 3. The van der Waals surface area contributed by atoms with Gasteiger partial charge in [0.25, 0.3) is 0 Å². The molecule has 106 valence electrons. The number of rotatable bonds is 1. The number of amides is 2. The van der Waals surface area contributed by atoms with Crippen LogP contribution in [0.15, 0.2) is 24.3 Å². The summed E-state index contributed by atoms with van der Waals surface area (Å²) in [6.45, 7) is 3.12. The highest BCUT2D eigenvalue weighted by molar-refractivity contribution is 5.93. The van der Waals surface area contributed by atoms with Gasteiger partial charge in [-0.1, -0.05) is 0 Å². The summed E-state index contributed by atoms with van der Waals surface area (Å²) in [5.41, 5.74) is 2.94. The molecule has 1 aromatic heterocycles. The number of aryl methyl sites for hydroxylation is 1. The topological polar surface area (TPSA) is 68.4 Å². The van der Waals surface area contributed by atoms with Crippen molar-refractivity contribution in [1.82, 2.24) is 9.88 Å². The van der Waals surface area contributed by atoms with Gasteiger partial charge in [0.15, 0.2) is 0 Å². The standard InChI is InChI=1S/C15H19N3O2/c1-10-7-11-8-12(4-5-14(11)16-10)17-15(20)18-6-2-3-13(19)9-18/h4-5,7-8,13,16,19H,2-3,6,9H2,1H3,(H,17,20). The second-order valence-corrected chi connectivity index (χ2v) is 5.43. The number of aliphatic hydroxyl groups is 1. The van der Waals surface area contributed by atoms with Crippen molar-refractivity contribution in [3.8, 4) is 0 Å². The fraction of sp³-hybridized carbons (Fsp3) is 0.400. The van der Waals surface area contributed by atoms with Crippen LogP contribution < -0.4 is 5.32 Å². The van der Waals surface area contributed by atoms with Crippen LogP contribution in [0.3, 0.4) is 0 Å². The number of piperidine rings is 1. The van der Waals surface area contributed by atoms with Gasteiger partial charge in [-0.05, 0) is 44.0 Å². The van der Waals surface area contributed by atoms with E-state index in [1.54, 1.807) is 4.90 Å². The summed E-state index contributed by atoms with van der Waals surface area (Å²) in [5, 5.41) is 13.6. The van der Waals surface area contributed by atoms with Crippen LogP contribution in [0.1, 0.15) is 18.5 Å². The number of nitrogens with zero attached hydrogens (tertiary/aromatic N) is 1. The molecule has 0 bridgehead atoms. The van der Waals surface area contributed by atoms with Crippen molar-refractivity contribution < 1.29 is 9.90 Å². The van der Waals surface area contributed by atoms with Crippen molar-refractivity contribution in [3.63, 3.8) is 0 Å². The van der Waals surface area contributed by atoms with Crippen molar-refractivity contribution >= 4 is 22.6 Å².